The van der Waals surface area contributed by atoms with Gasteiger partial charge in [-0.3, -0.25) is 4.79 Å². The quantitative estimate of drug-likeness (QED) is 0.512. The van der Waals surface area contributed by atoms with Crippen LogP contribution in [0.15, 0.2) is 85.2 Å². The lowest BCUT2D eigenvalue weighted by atomic mass is 9.92. The van der Waals surface area contributed by atoms with Crippen LogP contribution < -0.4 is 5.32 Å². The van der Waals surface area contributed by atoms with Gasteiger partial charge in [0, 0.05) is 18.9 Å². The summed E-state index contributed by atoms with van der Waals surface area (Å²) in [6.07, 6.45) is 5.61. The molecule has 2 heterocycles. The normalized spacial score (nSPS) is 11.1. The smallest absolute Gasteiger partial charge is 0.271 e. The number of pyridine rings is 1. The Morgan fingerprint density at radius 1 is 0.897 bits per heavy atom. The van der Waals surface area contributed by atoms with E-state index in [0.717, 1.165) is 24.1 Å². The summed E-state index contributed by atoms with van der Waals surface area (Å²) in [6, 6.07) is 24.8. The number of hydrogen-bond donors (Lipinski definition) is 1. The molecule has 0 radical (unpaired) electrons. The zero-order valence-electron chi connectivity index (χ0n) is 16.6. The summed E-state index contributed by atoms with van der Waals surface area (Å²) in [5.74, 6) is 0.181. The van der Waals surface area contributed by atoms with Crippen LogP contribution in [0.2, 0.25) is 0 Å². The highest BCUT2D eigenvalue weighted by Crippen LogP contribution is 2.15. The monoisotopic (exact) mass is 383 g/mol. The van der Waals surface area contributed by atoms with Crippen molar-refractivity contribution in [1.82, 2.24) is 14.7 Å². The number of benzene rings is 2. The van der Waals surface area contributed by atoms with Crippen molar-refractivity contribution in [2.24, 2.45) is 5.92 Å². The SMILES string of the molecule is Cc1ccc2nc(C(=O)NCC(Cc3ccccc3)Cc3ccccc3)cn2c1. The minimum absolute atomic E-state index is 0.127. The summed E-state index contributed by atoms with van der Waals surface area (Å²) in [5, 5.41) is 3.10. The second kappa shape index (κ2) is 8.74. The Labute approximate surface area is 171 Å². The Morgan fingerprint density at radius 2 is 1.52 bits per heavy atom. The van der Waals surface area contributed by atoms with Gasteiger partial charge in [0.05, 0.1) is 0 Å². The molecule has 4 heteroatoms. The average molecular weight is 383 g/mol. The number of fused-ring (bicyclic) bond motifs is 1. The fourth-order valence-electron chi connectivity index (χ4n) is 3.65. The van der Waals surface area contributed by atoms with Gasteiger partial charge in [0.2, 0.25) is 0 Å². The van der Waals surface area contributed by atoms with Crippen LogP contribution in [-0.4, -0.2) is 21.8 Å². The minimum Gasteiger partial charge on any atom is -0.350 e. The lowest BCUT2D eigenvalue weighted by molar-refractivity contribution is 0.0942. The molecule has 0 aliphatic heterocycles. The van der Waals surface area contributed by atoms with Gasteiger partial charge in [-0.05, 0) is 48.4 Å². The van der Waals surface area contributed by atoms with E-state index in [-0.39, 0.29) is 5.91 Å². The van der Waals surface area contributed by atoms with Crippen LogP contribution in [-0.2, 0) is 12.8 Å². The van der Waals surface area contributed by atoms with Crippen molar-refractivity contribution < 1.29 is 4.79 Å². The lowest BCUT2D eigenvalue weighted by Crippen LogP contribution is -2.31. The summed E-state index contributed by atoms with van der Waals surface area (Å²) >= 11 is 0. The number of carbonyl (C=O) groups excluding carboxylic acids is 1. The van der Waals surface area contributed by atoms with Crippen molar-refractivity contribution in [3.05, 3.63) is 108 Å². The summed E-state index contributed by atoms with van der Waals surface area (Å²) in [7, 11) is 0. The Bertz CT molecular complexity index is 1050. The molecule has 0 aliphatic carbocycles. The summed E-state index contributed by atoms with van der Waals surface area (Å²) in [4.78, 5) is 17.2. The number of hydrogen-bond acceptors (Lipinski definition) is 2. The van der Waals surface area contributed by atoms with E-state index >= 15 is 0 Å². The molecule has 2 aromatic heterocycles. The Hall–Kier alpha value is -3.40. The van der Waals surface area contributed by atoms with Crippen LogP contribution in [0.1, 0.15) is 27.2 Å². The molecule has 29 heavy (non-hydrogen) atoms. The first-order chi connectivity index (χ1) is 14.2. The van der Waals surface area contributed by atoms with Crippen molar-refractivity contribution in [3.8, 4) is 0 Å². The van der Waals surface area contributed by atoms with Crippen LogP contribution in [0.4, 0.5) is 0 Å². The van der Waals surface area contributed by atoms with Crippen LogP contribution in [0.5, 0.6) is 0 Å². The van der Waals surface area contributed by atoms with E-state index < -0.39 is 0 Å². The molecule has 4 aromatic rings. The summed E-state index contributed by atoms with van der Waals surface area (Å²) in [5.41, 5.74) is 4.93. The minimum atomic E-state index is -0.127. The highest BCUT2D eigenvalue weighted by molar-refractivity contribution is 5.92. The van der Waals surface area contributed by atoms with Gasteiger partial charge in [-0.2, -0.15) is 0 Å². The maximum absolute atomic E-state index is 12.7. The van der Waals surface area contributed by atoms with Gasteiger partial charge in [-0.1, -0.05) is 66.7 Å². The highest BCUT2D eigenvalue weighted by Gasteiger charge is 2.15. The molecule has 0 fully saturated rings. The van der Waals surface area contributed by atoms with Gasteiger partial charge >= 0.3 is 0 Å². The van der Waals surface area contributed by atoms with Crippen LogP contribution in [0.25, 0.3) is 5.65 Å². The molecule has 1 amide bonds. The molecule has 0 spiro atoms. The molecule has 4 nitrogen and oxygen atoms in total. The predicted octanol–water partition coefficient (Wildman–Crippen LogP) is 4.47. The Morgan fingerprint density at radius 3 is 2.14 bits per heavy atom. The number of rotatable bonds is 7. The van der Waals surface area contributed by atoms with Crippen LogP contribution >= 0.6 is 0 Å². The number of aromatic nitrogens is 2. The van der Waals surface area contributed by atoms with Crippen molar-refractivity contribution in [3.63, 3.8) is 0 Å². The number of imidazole rings is 1. The maximum atomic E-state index is 12.7. The Balaban J connectivity index is 1.46. The standard InChI is InChI=1S/C25H25N3O/c1-19-12-13-24-27-23(18-28(24)17-19)25(29)26-16-22(14-20-8-4-2-5-9-20)15-21-10-6-3-7-11-21/h2-13,17-18,22H,14-16H2,1H3,(H,26,29). The average Bonchev–Trinajstić information content (AvgIpc) is 3.16. The molecular formula is C25H25N3O. The molecule has 146 valence electrons. The van der Waals surface area contributed by atoms with Crippen molar-refractivity contribution in [1.29, 1.82) is 0 Å². The second-order valence-corrected chi connectivity index (χ2v) is 7.55. The zero-order valence-corrected chi connectivity index (χ0v) is 16.6. The first-order valence-electron chi connectivity index (χ1n) is 9.99. The van der Waals surface area contributed by atoms with Gasteiger partial charge < -0.3 is 9.72 Å². The third-order valence-electron chi connectivity index (χ3n) is 5.12. The van der Waals surface area contributed by atoms with Gasteiger partial charge in [-0.15, -0.1) is 0 Å². The molecule has 0 saturated carbocycles. The number of aryl methyl sites for hydroxylation is 1. The largest absolute Gasteiger partial charge is 0.350 e. The third kappa shape index (κ3) is 4.91. The van der Waals surface area contributed by atoms with E-state index in [1.807, 2.05) is 41.8 Å². The van der Waals surface area contributed by atoms with E-state index in [1.54, 1.807) is 6.20 Å². The van der Waals surface area contributed by atoms with Crippen molar-refractivity contribution in [2.75, 3.05) is 6.54 Å². The van der Waals surface area contributed by atoms with Crippen LogP contribution in [0.3, 0.4) is 0 Å². The van der Waals surface area contributed by atoms with Gasteiger partial charge in [-0.25, -0.2) is 4.98 Å². The van der Waals surface area contributed by atoms with E-state index in [4.69, 9.17) is 0 Å². The van der Waals surface area contributed by atoms with Gasteiger partial charge in [0.25, 0.3) is 5.91 Å². The molecule has 0 bridgehead atoms. The Kier molecular flexibility index (Phi) is 5.71. The lowest BCUT2D eigenvalue weighted by Gasteiger charge is -2.18. The second-order valence-electron chi connectivity index (χ2n) is 7.55. The highest BCUT2D eigenvalue weighted by atomic mass is 16.1. The molecule has 4 rings (SSSR count). The third-order valence-corrected chi connectivity index (χ3v) is 5.12. The van der Waals surface area contributed by atoms with E-state index in [9.17, 15) is 4.79 Å². The fraction of sp³-hybridized carbons (Fsp3) is 0.200. The molecule has 1 N–H and O–H groups in total. The van der Waals surface area contributed by atoms with E-state index in [1.165, 1.54) is 11.1 Å². The van der Waals surface area contributed by atoms with Crippen LogP contribution in [0, 0.1) is 12.8 Å². The topological polar surface area (TPSA) is 46.4 Å². The van der Waals surface area contributed by atoms with Gasteiger partial charge in [0.1, 0.15) is 11.3 Å². The van der Waals surface area contributed by atoms with E-state index in [2.05, 4.69) is 58.8 Å². The molecule has 0 unspecified atom stereocenters. The molecular weight excluding hydrogens is 358 g/mol. The fourth-order valence-corrected chi connectivity index (χ4v) is 3.65. The number of amides is 1. The number of nitrogens with zero attached hydrogens (tertiary/aromatic N) is 2. The van der Waals surface area contributed by atoms with Gasteiger partial charge in [0.15, 0.2) is 0 Å². The maximum Gasteiger partial charge on any atom is 0.271 e. The van der Waals surface area contributed by atoms with Crippen molar-refractivity contribution in [2.45, 2.75) is 19.8 Å². The predicted molar refractivity (Wildman–Crippen MR) is 116 cm³/mol. The molecule has 0 saturated heterocycles. The van der Waals surface area contributed by atoms with E-state index in [0.29, 0.717) is 18.2 Å². The number of nitrogens with one attached hydrogen (secondary N) is 1. The summed E-state index contributed by atoms with van der Waals surface area (Å²) in [6.45, 7) is 2.63. The zero-order chi connectivity index (χ0) is 20.1. The first kappa shape index (κ1) is 18.9. The summed E-state index contributed by atoms with van der Waals surface area (Å²) < 4.78 is 1.90. The first-order valence-corrected chi connectivity index (χ1v) is 9.99. The number of carbonyl (C=O) groups is 1. The molecule has 0 aliphatic rings. The van der Waals surface area contributed by atoms with Crippen molar-refractivity contribution >= 4 is 11.6 Å². The molecule has 2 aromatic carbocycles. The molecule has 0 atom stereocenters.